The first-order valence-corrected chi connectivity index (χ1v) is 12.2. The minimum absolute atomic E-state index is 0.0256. The summed E-state index contributed by atoms with van der Waals surface area (Å²) < 4.78 is 0. The van der Waals surface area contributed by atoms with Crippen molar-refractivity contribution in [1.29, 1.82) is 0 Å². The fourth-order valence-corrected chi connectivity index (χ4v) is 5.66. The number of nitrogens with zero attached hydrogens (tertiary/aromatic N) is 4. The van der Waals surface area contributed by atoms with E-state index in [1.165, 1.54) is 32.1 Å². The van der Waals surface area contributed by atoms with E-state index in [4.69, 9.17) is 4.98 Å². The van der Waals surface area contributed by atoms with Crippen molar-refractivity contribution in [2.75, 3.05) is 19.6 Å². The molecule has 1 atom stereocenters. The van der Waals surface area contributed by atoms with Crippen LogP contribution in [0.15, 0.2) is 29.2 Å². The Kier molecular flexibility index (Phi) is 6.35. The van der Waals surface area contributed by atoms with Crippen molar-refractivity contribution in [1.82, 2.24) is 24.8 Å². The minimum Gasteiger partial charge on any atom is -0.332 e. The third-order valence-electron chi connectivity index (χ3n) is 7.35. The molecule has 1 amide bonds. The van der Waals surface area contributed by atoms with Gasteiger partial charge in [0.15, 0.2) is 0 Å². The molecule has 0 bridgehead atoms. The van der Waals surface area contributed by atoms with E-state index in [-0.39, 0.29) is 23.9 Å². The third kappa shape index (κ3) is 4.63. The fourth-order valence-electron chi connectivity index (χ4n) is 5.66. The molecule has 1 saturated carbocycles. The number of fused-ring (bicyclic) bond motifs is 1. The van der Waals surface area contributed by atoms with Gasteiger partial charge >= 0.3 is 0 Å². The van der Waals surface area contributed by atoms with Gasteiger partial charge in [-0.25, -0.2) is 4.98 Å². The Labute approximate surface area is 189 Å². The normalized spacial score (nSPS) is 22.1. The Balaban J connectivity index is 1.29. The van der Waals surface area contributed by atoms with E-state index >= 15 is 0 Å². The van der Waals surface area contributed by atoms with Gasteiger partial charge in [0.25, 0.3) is 5.56 Å². The zero-order valence-corrected chi connectivity index (χ0v) is 18.8. The molecule has 1 N–H and O–H groups in total. The number of nitrogens with one attached hydrogen (secondary N) is 1. The van der Waals surface area contributed by atoms with Gasteiger partial charge in [-0.05, 0) is 43.7 Å². The van der Waals surface area contributed by atoms with Gasteiger partial charge in [0, 0.05) is 44.5 Å². The fraction of sp³-hybridized carbons (Fsp3) is 0.600. The van der Waals surface area contributed by atoms with Crippen LogP contribution >= 0.6 is 0 Å². The van der Waals surface area contributed by atoms with Crippen LogP contribution in [0, 0.1) is 5.92 Å². The number of hydrogen-bond donors (Lipinski definition) is 1. The van der Waals surface area contributed by atoms with Crippen LogP contribution in [0.2, 0.25) is 0 Å². The number of carbonyl (C=O) groups is 1. The number of aromatic amines is 1. The summed E-state index contributed by atoms with van der Waals surface area (Å²) in [4.78, 5) is 42.5. The molecule has 3 aliphatic rings. The monoisotopic (exact) mass is 435 g/mol. The van der Waals surface area contributed by atoms with E-state index in [2.05, 4.69) is 14.9 Å². The van der Waals surface area contributed by atoms with Crippen LogP contribution in [-0.4, -0.2) is 50.3 Å². The molecule has 7 nitrogen and oxygen atoms in total. The zero-order chi connectivity index (χ0) is 21.9. The number of hydrogen-bond acceptors (Lipinski definition) is 5. The standard InChI is InChI=1S/C25H33N5O2/c31-23(15-19-9-4-5-12-26-19)30-13-6-10-22(30)24-27-21-11-14-29(17-20(21)25(32)28-24)16-18-7-2-1-3-8-18/h4-5,9,12,18,22H,1-3,6-8,10-11,13-17H2,(H,27,28,32). The van der Waals surface area contributed by atoms with Crippen LogP contribution in [-0.2, 0) is 24.2 Å². The highest BCUT2D eigenvalue weighted by Crippen LogP contribution is 2.31. The summed E-state index contributed by atoms with van der Waals surface area (Å²) in [6, 6.07) is 5.48. The van der Waals surface area contributed by atoms with Gasteiger partial charge < -0.3 is 9.88 Å². The molecule has 4 heterocycles. The molecule has 5 rings (SSSR count). The van der Waals surface area contributed by atoms with Gasteiger partial charge in [-0.3, -0.25) is 19.5 Å². The Morgan fingerprint density at radius 2 is 1.97 bits per heavy atom. The van der Waals surface area contributed by atoms with Gasteiger partial charge in [0.2, 0.25) is 5.91 Å². The van der Waals surface area contributed by atoms with Crippen LogP contribution in [0.1, 0.15) is 73.8 Å². The Hall–Kier alpha value is -2.54. The van der Waals surface area contributed by atoms with E-state index < -0.39 is 0 Å². The van der Waals surface area contributed by atoms with Crippen molar-refractivity contribution in [2.45, 2.75) is 70.4 Å². The van der Waals surface area contributed by atoms with E-state index in [0.29, 0.717) is 18.9 Å². The molecule has 2 aromatic rings. The molecule has 2 aromatic heterocycles. The Morgan fingerprint density at radius 3 is 2.78 bits per heavy atom. The number of pyridine rings is 1. The van der Waals surface area contributed by atoms with Gasteiger partial charge in [-0.15, -0.1) is 0 Å². The summed E-state index contributed by atoms with van der Waals surface area (Å²) in [6.07, 6.45) is 11.3. The zero-order valence-electron chi connectivity index (χ0n) is 18.8. The highest BCUT2D eigenvalue weighted by atomic mass is 16.2. The SMILES string of the molecule is O=C(Cc1ccccn1)N1CCCC1c1nc2c(c(=O)[nH]1)CN(CC1CCCCC1)CC2. The summed E-state index contributed by atoms with van der Waals surface area (Å²) >= 11 is 0. The molecular weight excluding hydrogens is 402 g/mol. The van der Waals surface area contributed by atoms with Crippen LogP contribution in [0.3, 0.4) is 0 Å². The van der Waals surface area contributed by atoms with Gasteiger partial charge in [0.1, 0.15) is 5.82 Å². The number of carbonyl (C=O) groups excluding carboxylic acids is 1. The average molecular weight is 436 g/mol. The lowest BCUT2D eigenvalue weighted by molar-refractivity contribution is -0.131. The van der Waals surface area contributed by atoms with Crippen LogP contribution in [0.25, 0.3) is 0 Å². The van der Waals surface area contributed by atoms with Crippen LogP contribution < -0.4 is 5.56 Å². The quantitative estimate of drug-likeness (QED) is 0.781. The molecule has 32 heavy (non-hydrogen) atoms. The Morgan fingerprint density at radius 1 is 1.09 bits per heavy atom. The largest absolute Gasteiger partial charge is 0.332 e. The second kappa shape index (κ2) is 9.53. The number of rotatable bonds is 5. The molecule has 1 aliphatic carbocycles. The van der Waals surface area contributed by atoms with Gasteiger partial charge in [-0.1, -0.05) is 25.3 Å². The van der Waals surface area contributed by atoms with E-state index in [1.807, 2.05) is 23.1 Å². The number of H-pyrrole nitrogens is 1. The summed E-state index contributed by atoms with van der Waals surface area (Å²) in [5.74, 6) is 1.47. The van der Waals surface area contributed by atoms with Crippen molar-refractivity contribution < 1.29 is 4.79 Å². The summed E-state index contributed by atoms with van der Waals surface area (Å²) in [5, 5.41) is 0. The molecule has 0 radical (unpaired) electrons. The molecule has 170 valence electrons. The highest BCUT2D eigenvalue weighted by molar-refractivity contribution is 5.79. The smallest absolute Gasteiger partial charge is 0.255 e. The summed E-state index contributed by atoms with van der Waals surface area (Å²) in [5.41, 5.74) is 2.49. The maximum Gasteiger partial charge on any atom is 0.255 e. The molecule has 1 unspecified atom stereocenters. The molecule has 2 fully saturated rings. The molecule has 7 heteroatoms. The van der Waals surface area contributed by atoms with Crippen molar-refractivity contribution in [3.05, 3.63) is 57.5 Å². The lowest BCUT2D eigenvalue weighted by atomic mass is 9.88. The van der Waals surface area contributed by atoms with E-state index in [9.17, 15) is 9.59 Å². The predicted molar refractivity (Wildman–Crippen MR) is 122 cm³/mol. The summed E-state index contributed by atoms with van der Waals surface area (Å²) in [6.45, 7) is 3.46. The average Bonchev–Trinajstić information content (AvgIpc) is 3.31. The predicted octanol–water partition coefficient (Wildman–Crippen LogP) is 3.01. The molecule has 1 saturated heterocycles. The Bertz CT molecular complexity index is 999. The van der Waals surface area contributed by atoms with E-state index in [0.717, 1.165) is 55.2 Å². The van der Waals surface area contributed by atoms with Gasteiger partial charge in [0.05, 0.1) is 23.7 Å². The summed E-state index contributed by atoms with van der Waals surface area (Å²) in [7, 11) is 0. The second-order valence-electron chi connectivity index (χ2n) is 9.61. The topological polar surface area (TPSA) is 82.2 Å². The molecule has 0 aromatic carbocycles. The first-order valence-electron chi connectivity index (χ1n) is 12.2. The molecule has 0 spiro atoms. The molecule has 2 aliphatic heterocycles. The lowest BCUT2D eigenvalue weighted by Crippen LogP contribution is -2.40. The van der Waals surface area contributed by atoms with Crippen molar-refractivity contribution >= 4 is 5.91 Å². The van der Waals surface area contributed by atoms with Crippen molar-refractivity contribution in [3.63, 3.8) is 0 Å². The number of aromatic nitrogens is 3. The second-order valence-corrected chi connectivity index (χ2v) is 9.61. The van der Waals surface area contributed by atoms with E-state index in [1.54, 1.807) is 6.20 Å². The van der Waals surface area contributed by atoms with Crippen molar-refractivity contribution in [3.8, 4) is 0 Å². The first kappa shape index (κ1) is 21.3. The highest BCUT2D eigenvalue weighted by Gasteiger charge is 2.33. The third-order valence-corrected chi connectivity index (χ3v) is 7.35. The molecular formula is C25H33N5O2. The van der Waals surface area contributed by atoms with Crippen molar-refractivity contribution in [2.24, 2.45) is 5.92 Å². The lowest BCUT2D eigenvalue weighted by Gasteiger charge is -2.33. The maximum absolute atomic E-state index is 13.0. The number of amides is 1. The first-order chi connectivity index (χ1) is 15.7. The maximum atomic E-state index is 13.0. The minimum atomic E-state index is -0.149. The van der Waals surface area contributed by atoms with Crippen LogP contribution in [0.4, 0.5) is 0 Å². The van der Waals surface area contributed by atoms with Gasteiger partial charge in [-0.2, -0.15) is 0 Å². The van der Waals surface area contributed by atoms with Crippen LogP contribution in [0.5, 0.6) is 0 Å². The number of likely N-dealkylation sites (tertiary alicyclic amines) is 1.